The van der Waals surface area contributed by atoms with Crippen LogP contribution in [-0.4, -0.2) is 12.5 Å². The normalized spacial score (nSPS) is 10.6. The maximum Gasteiger partial charge on any atom is 0.286 e. The van der Waals surface area contributed by atoms with Crippen LogP contribution >= 0.6 is 11.6 Å². The van der Waals surface area contributed by atoms with Gasteiger partial charge in [0.25, 0.3) is 5.91 Å². The Labute approximate surface area is 148 Å². The molecule has 0 bridgehead atoms. The van der Waals surface area contributed by atoms with Gasteiger partial charge in [-0.15, -0.1) is 0 Å². The maximum atomic E-state index is 12.0. The van der Waals surface area contributed by atoms with Crippen LogP contribution in [0.5, 0.6) is 5.75 Å². The first-order valence-electron chi connectivity index (χ1n) is 8.36. The van der Waals surface area contributed by atoms with E-state index in [4.69, 9.17) is 20.8 Å². The molecule has 4 nitrogen and oxygen atoms in total. The van der Waals surface area contributed by atoms with Crippen LogP contribution in [0.2, 0.25) is 5.02 Å². The zero-order valence-electron chi connectivity index (χ0n) is 14.2. The Morgan fingerprint density at radius 2 is 2.04 bits per heavy atom. The van der Waals surface area contributed by atoms with E-state index in [9.17, 15) is 4.79 Å². The van der Waals surface area contributed by atoms with Gasteiger partial charge >= 0.3 is 0 Å². The Morgan fingerprint density at radius 1 is 1.21 bits per heavy atom. The largest absolute Gasteiger partial charge is 0.486 e. The van der Waals surface area contributed by atoms with Crippen LogP contribution in [0.15, 0.2) is 34.7 Å². The second-order valence-electron chi connectivity index (χ2n) is 5.78. The zero-order chi connectivity index (χ0) is 17.4. The molecule has 0 aliphatic carbocycles. The fourth-order valence-corrected chi connectivity index (χ4v) is 2.40. The zero-order valence-corrected chi connectivity index (χ0v) is 15.0. The quantitative estimate of drug-likeness (QED) is 0.638. The van der Waals surface area contributed by atoms with E-state index < -0.39 is 0 Å². The summed E-state index contributed by atoms with van der Waals surface area (Å²) in [6, 6.07) is 8.91. The molecule has 2 aromatic rings. The molecule has 130 valence electrons. The topological polar surface area (TPSA) is 51.5 Å². The molecular weight excluding hydrogens is 326 g/mol. The third-order valence-corrected chi connectivity index (χ3v) is 4.14. The minimum atomic E-state index is -0.180. The number of carbonyl (C=O) groups is 1. The summed E-state index contributed by atoms with van der Waals surface area (Å²) in [6.45, 7) is 5.03. The van der Waals surface area contributed by atoms with Gasteiger partial charge in [-0.25, -0.2) is 0 Å². The van der Waals surface area contributed by atoms with E-state index in [1.807, 2.05) is 19.1 Å². The number of rotatable bonds is 9. The first-order chi connectivity index (χ1) is 11.6. The van der Waals surface area contributed by atoms with Crippen LogP contribution in [-0.2, 0) is 6.61 Å². The number of halogens is 1. The molecule has 0 radical (unpaired) electrons. The molecular formula is C19H24ClNO3. The predicted molar refractivity (Wildman–Crippen MR) is 95.7 cm³/mol. The minimum Gasteiger partial charge on any atom is -0.486 e. The van der Waals surface area contributed by atoms with Gasteiger partial charge in [0.2, 0.25) is 0 Å². The Morgan fingerprint density at radius 3 is 2.79 bits per heavy atom. The van der Waals surface area contributed by atoms with Gasteiger partial charge in [-0.3, -0.25) is 4.79 Å². The lowest BCUT2D eigenvalue weighted by Gasteiger charge is -2.06. The molecule has 0 aliphatic heterocycles. The Balaban J connectivity index is 1.79. The molecule has 1 N–H and O–H groups in total. The Bertz CT molecular complexity index is 666. The summed E-state index contributed by atoms with van der Waals surface area (Å²) in [5.74, 6) is 1.46. The van der Waals surface area contributed by atoms with E-state index in [1.165, 1.54) is 12.8 Å². The van der Waals surface area contributed by atoms with Crippen molar-refractivity contribution in [2.24, 2.45) is 0 Å². The van der Waals surface area contributed by atoms with Crippen molar-refractivity contribution >= 4 is 17.5 Å². The molecule has 24 heavy (non-hydrogen) atoms. The monoisotopic (exact) mass is 349 g/mol. The van der Waals surface area contributed by atoms with Crippen molar-refractivity contribution in [2.75, 3.05) is 6.54 Å². The van der Waals surface area contributed by atoms with Gasteiger partial charge in [0, 0.05) is 11.6 Å². The number of unbranched alkanes of at least 4 members (excludes halogenated alkanes) is 3. The van der Waals surface area contributed by atoms with Crippen molar-refractivity contribution < 1.29 is 13.9 Å². The van der Waals surface area contributed by atoms with Crippen molar-refractivity contribution in [3.05, 3.63) is 52.4 Å². The molecule has 0 aliphatic rings. The van der Waals surface area contributed by atoms with Gasteiger partial charge in [-0.2, -0.15) is 0 Å². The van der Waals surface area contributed by atoms with Gasteiger partial charge in [0.15, 0.2) is 5.76 Å². The summed E-state index contributed by atoms with van der Waals surface area (Å²) in [5.41, 5.74) is 0.955. The van der Waals surface area contributed by atoms with Crippen LogP contribution in [0.25, 0.3) is 0 Å². The van der Waals surface area contributed by atoms with Gasteiger partial charge < -0.3 is 14.5 Å². The summed E-state index contributed by atoms with van der Waals surface area (Å²) in [4.78, 5) is 12.0. The van der Waals surface area contributed by atoms with E-state index >= 15 is 0 Å². The second kappa shape index (κ2) is 9.38. The number of hydrogen-bond donors (Lipinski definition) is 1. The van der Waals surface area contributed by atoms with Crippen LogP contribution in [0.4, 0.5) is 0 Å². The fraction of sp³-hybridized carbons (Fsp3) is 0.421. The highest BCUT2D eigenvalue weighted by molar-refractivity contribution is 6.31. The minimum absolute atomic E-state index is 0.180. The molecule has 1 aromatic carbocycles. The van der Waals surface area contributed by atoms with E-state index in [0.29, 0.717) is 23.1 Å². The summed E-state index contributed by atoms with van der Waals surface area (Å²) >= 11 is 5.99. The van der Waals surface area contributed by atoms with E-state index in [0.717, 1.165) is 24.2 Å². The number of aryl methyl sites for hydroxylation is 1. The third kappa shape index (κ3) is 5.60. The van der Waals surface area contributed by atoms with Crippen molar-refractivity contribution in [1.82, 2.24) is 5.32 Å². The van der Waals surface area contributed by atoms with Crippen LogP contribution in [0.3, 0.4) is 0 Å². The van der Waals surface area contributed by atoms with Crippen LogP contribution in [0, 0.1) is 6.92 Å². The molecule has 0 fully saturated rings. The SMILES string of the molecule is CCCCCCNC(=O)c1ccc(COc2ccc(Cl)c(C)c2)o1. The van der Waals surface area contributed by atoms with Crippen molar-refractivity contribution in [3.8, 4) is 5.75 Å². The molecule has 5 heteroatoms. The first kappa shape index (κ1) is 18.4. The number of furan rings is 1. The molecule has 0 unspecified atom stereocenters. The number of hydrogen-bond acceptors (Lipinski definition) is 3. The number of amides is 1. The van der Waals surface area contributed by atoms with Crippen LogP contribution < -0.4 is 10.1 Å². The van der Waals surface area contributed by atoms with Gasteiger partial charge in [-0.1, -0.05) is 37.8 Å². The summed E-state index contributed by atoms with van der Waals surface area (Å²) in [6.07, 6.45) is 4.51. The highest BCUT2D eigenvalue weighted by Gasteiger charge is 2.11. The highest BCUT2D eigenvalue weighted by Crippen LogP contribution is 2.22. The third-order valence-electron chi connectivity index (χ3n) is 3.71. The number of ether oxygens (including phenoxy) is 1. The lowest BCUT2D eigenvalue weighted by Crippen LogP contribution is -2.23. The van der Waals surface area contributed by atoms with Crippen molar-refractivity contribution in [3.63, 3.8) is 0 Å². The average molecular weight is 350 g/mol. The van der Waals surface area contributed by atoms with Crippen molar-refractivity contribution in [1.29, 1.82) is 0 Å². The highest BCUT2D eigenvalue weighted by atomic mass is 35.5. The standard InChI is InChI=1S/C19H24ClNO3/c1-3-4-5-6-11-21-19(22)18-10-8-16(24-18)13-23-15-7-9-17(20)14(2)12-15/h7-10,12H,3-6,11,13H2,1-2H3,(H,21,22). The average Bonchev–Trinajstić information content (AvgIpc) is 3.05. The summed E-state index contributed by atoms with van der Waals surface area (Å²) in [5, 5.41) is 3.58. The number of carbonyl (C=O) groups excluding carboxylic acids is 1. The second-order valence-corrected chi connectivity index (χ2v) is 6.19. The van der Waals surface area contributed by atoms with E-state index in [-0.39, 0.29) is 12.5 Å². The summed E-state index contributed by atoms with van der Waals surface area (Å²) < 4.78 is 11.2. The van der Waals surface area contributed by atoms with Crippen molar-refractivity contribution in [2.45, 2.75) is 46.1 Å². The van der Waals surface area contributed by atoms with Gasteiger partial charge in [-0.05, 0) is 49.2 Å². The lowest BCUT2D eigenvalue weighted by molar-refractivity contribution is 0.0921. The lowest BCUT2D eigenvalue weighted by atomic mass is 10.2. The van der Waals surface area contributed by atoms with Gasteiger partial charge in [0.05, 0.1) is 0 Å². The maximum absolute atomic E-state index is 12.0. The van der Waals surface area contributed by atoms with Crippen LogP contribution in [0.1, 0.15) is 54.5 Å². The van der Waals surface area contributed by atoms with Gasteiger partial charge in [0.1, 0.15) is 18.1 Å². The molecule has 0 spiro atoms. The molecule has 0 saturated carbocycles. The molecule has 0 saturated heterocycles. The molecule has 1 heterocycles. The summed E-state index contributed by atoms with van der Waals surface area (Å²) in [7, 11) is 0. The Kier molecular flexibility index (Phi) is 7.19. The predicted octanol–water partition coefficient (Wildman–Crippen LogP) is 5.13. The Hall–Kier alpha value is -1.94. The number of benzene rings is 1. The molecule has 1 aromatic heterocycles. The molecule has 2 rings (SSSR count). The molecule has 0 atom stereocenters. The molecule has 1 amide bonds. The first-order valence-corrected chi connectivity index (χ1v) is 8.74. The fourth-order valence-electron chi connectivity index (χ4n) is 2.28. The van der Waals surface area contributed by atoms with E-state index in [1.54, 1.807) is 18.2 Å². The number of nitrogens with one attached hydrogen (secondary N) is 1. The van der Waals surface area contributed by atoms with E-state index in [2.05, 4.69) is 12.2 Å². The smallest absolute Gasteiger partial charge is 0.286 e.